The summed E-state index contributed by atoms with van der Waals surface area (Å²) in [5, 5.41) is 8.76. The number of rotatable bonds is 3. The molecule has 0 aromatic heterocycles. The Morgan fingerprint density at radius 3 is 2.35 bits per heavy atom. The standard InChI is InChI=1S/C18H19NO/c1-18(2,3)16-5-4-6-17(11-16)20-13-15-9-7-14(12-19)8-10-15/h4-11H,13H2,1-3H3. The highest BCUT2D eigenvalue weighted by Gasteiger charge is 2.13. The van der Waals surface area contributed by atoms with Crippen molar-refractivity contribution in [3.63, 3.8) is 0 Å². The maximum Gasteiger partial charge on any atom is 0.120 e. The maximum atomic E-state index is 8.76. The minimum atomic E-state index is 0.119. The number of nitriles is 1. The van der Waals surface area contributed by atoms with Crippen molar-refractivity contribution in [2.24, 2.45) is 0 Å². The van der Waals surface area contributed by atoms with Gasteiger partial charge in [0, 0.05) is 0 Å². The quantitative estimate of drug-likeness (QED) is 0.822. The van der Waals surface area contributed by atoms with Gasteiger partial charge in [-0.3, -0.25) is 0 Å². The molecule has 20 heavy (non-hydrogen) atoms. The molecule has 0 saturated carbocycles. The normalized spacial score (nSPS) is 10.9. The molecular formula is C18H19NO. The van der Waals surface area contributed by atoms with Crippen molar-refractivity contribution in [3.05, 3.63) is 65.2 Å². The van der Waals surface area contributed by atoms with Crippen LogP contribution in [0.5, 0.6) is 5.75 Å². The van der Waals surface area contributed by atoms with Crippen LogP contribution in [-0.2, 0) is 12.0 Å². The summed E-state index contributed by atoms with van der Waals surface area (Å²) in [6, 6.07) is 17.8. The molecule has 0 spiro atoms. The molecule has 0 fully saturated rings. The lowest BCUT2D eigenvalue weighted by Crippen LogP contribution is -2.10. The van der Waals surface area contributed by atoms with Crippen LogP contribution in [0, 0.1) is 11.3 Å². The minimum absolute atomic E-state index is 0.119. The number of benzene rings is 2. The fourth-order valence-corrected chi connectivity index (χ4v) is 1.89. The molecule has 2 rings (SSSR count). The van der Waals surface area contributed by atoms with Crippen LogP contribution in [0.2, 0.25) is 0 Å². The summed E-state index contributed by atoms with van der Waals surface area (Å²) in [4.78, 5) is 0. The van der Waals surface area contributed by atoms with Crippen molar-refractivity contribution in [1.82, 2.24) is 0 Å². The second-order valence-electron chi connectivity index (χ2n) is 5.88. The first-order valence-electron chi connectivity index (χ1n) is 6.71. The topological polar surface area (TPSA) is 33.0 Å². The van der Waals surface area contributed by atoms with Gasteiger partial charge in [-0.25, -0.2) is 0 Å². The Morgan fingerprint density at radius 2 is 1.75 bits per heavy atom. The Balaban J connectivity index is 2.05. The van der Waals surface area contributed by atoms with Gasteiger partial charge in [0.05, 0.1) is 11.6 Å². The average molecular weight is 265 g/mol. The number of nitrogens with zero attached hydrogens (tertiary/aromatic N) is 1. The molecule has 0 unspecified atom stereocenters. The fourth-order valence-electron chi connectivity index (χ4n) is 1.89. The second kappa shape index (κ2) is 5.79. The van der Waals surface area contributed by atoms with Gasteiger partial charge >= 0.3 is 0 Å². The molecule has 0 aliphatic heterocycles. The molecule has 0 heterocycles. The lowest BCUT2D eigenvalue weighted by atomic mass is 9.87. The summed E-state index contributed by atoms with van der Waals surface area (Å²) in [5.41, 5.74) is 3.11. The van der Waals surface area contributed by atoms with Crippen molar-refractivity contribution >= 4 is 0 Å². The molecule has 0 aliphatic rings. The van der Waals surface area contributed by atoms with E-state index < -0.39 is 0 Å². The predicted octanol–water partition coefficient (Wildman–Crippen LogP) is 4.43. The molecule has 2 aromatic carbocycles. The van der Waals surface area contributed by atoms with Crippen molar-refractivity contribution < 1.29 is 4.74 Å². The number of hydrogen-bond acceptors (Lipinski definition) is 2. The Labute approximate surface area is 120 Å². The number of ether oxygens (including phenoxy) is 1. The van der Waals surface area contributed by atoms with E-state index in [9.17, 15) is 0 Å². The largest absolute Gasteiger partial charge is 0.489 e. The molecule has 0 amide bonds. The van der Waals surface area contributed by atoms with Crippen LogP contribution in [0.4, 0.5) is 0 Å². The zero-order valence-electron chi connectivity index (χ0n) is 12.2. The Kier molecular flexibility index (Phi) is 4.10. The van der Waals surface area contributed by atoms with Crippen LogP contribution in [0.15, 0.2) is 48.5 Å². The van der Waals surface area contributed by atoms with E-state index in [1.165, 1.54) is 5.56 Å². The van der Waals surface area contributed by atoms with Gasteiger partial charge < -0.3 is 4.74 Å². The maximum absolute atomic E-state index is 8.76. The molecule has 0 saturated heterocycles. The summed E-state index contributed by atoms with van der Waals surface area (Å²) in [6.07, 6.45) is 0. The van der Waals surface area contributed by atoms with Crippen LogP contribution in [-0.4, -0.2) is 0 Å². The average Bonchev–Trinajstić information content (AvgIpc) is 2.45. The first kappa shape index (κ1) is 14.1. The first-order valence-corrected chi connectivity index (χ1v) is 6.71. The summed E-state index contributed by atoms with van der Waals surface area (Å²) >= 11 is 0. The minimum Gasteiger partial charge on any atom is -0.489 e. The lowest BCUT2D eigenvalue weighted by Gasteiger charge is -2.19. The van der Waals surface area contributed by atoms with E-state index in [1.807, 2.05) is 36.4 Å². The molecule has 0 N–H and O–H groups in total. The summed E-state index contributed by atoms with van der Waals surface area (Å²) in [7, 11) is 0. The summed E-state index contributed by atoms with van der Waals surface area (Å²) in [5.74, 6) is 0.877. The van der Waals surface area contributed by atoms with Crippen molar-refractivity contribution in [2.75, 3.05) is 0 Å². The third kappa shape index (κ3) is 3.61. The molecular weight excluding hydrogens is 246 g/mol. The van der Waals surface area contributed by atoms with E-state index in [0.717, 1.165) is 11.3 Å². The third-order valence-corrected chi connectivity index (χ3v) is 3.19. The van der Waals surface area contributed by atoms with Gasteiger partial charge in [0.25, 0.3) is 0 Å². The van der Waals surface area contributed by atoms with Crippen LogP contribution in [0.25, 0.3) is 0 Å². The Morgan fingerprint density at radius 1 is 1.05 bits per heavy atom. The van der Waals surface area contributed by atoms with Gasteiger partial charge in [0.2, 0.25) is 0 Å². The third-order valence-electron chi connectivity index (χ3n) is 3.19. The molecule has 2 heteroatoms. The highest BCUT2D eigenvalue weighted by Crippen LogP contribution is 2.26. The van der Waals surface area contributed by atoms with Gasteiger partial charge in [-0.1, -0.05) is 45.0 Å². The van der Waals surface area contributed by atoms with Crippen LogP contribution < -0.4 is 4.74 Å². The van der Waals surface area contributed by atoms with E-state index in [-0.39, 0.29) is 5.41 Å². The van der Waals surface area contributed by atoms with Gasteiger partial charge in [0.15, 0.2) is 0 Å². The summed E-state index contributed by atoms with van der Waals surface area (Å²) in [6.45, 7) is 7.07. The second-order valence-corrected chi connectivity index (χ2v) is 5.88. The SMILES string of the molecule is CC(C)(C)c1cccc(OCc2ccc(C#N)cc2)c1. The van der Waals surface area contributed by atoms with Gasteiger partial charge in [0.1, 0.15) is 12.4 Å². The molecule has 0 radical (unpaired) electrons. The van der Waals surface area contributed by atoms with Crippen molar-refractivity contribution in [3.8, 4) is 11.8 Å². The lowest BCUT2D eigenvalue weighted by molar-refractivity contribution is 0.305. The molecule has 0 bridgehead atoms. The zero-order chi connectivity index (χ0) is 14.6. The van der Waals surface area contributed by atoms with E-state index in [2.05, 4.69) is 39.0 Å². The molecule has 0 atom stereocenters. The Hall–Kier alpha value is -2.27. The first-order chi connectivity index (χ1) is 9.49. The van der Waals surface area contributed by atoms with Gasteiger partial charge in [-0.15, -0.1) is 0 Å². The Bertz CT molecular complexity index is 615. The van der Waals surface area contributed by atoms with Gasteiger partial charge in [-0.05, 0) is 40.8 Å². The predicted molar refractivity (Wildman–Crippen MR) is 80.6 cm³/mol. The highest BCUT2D eigenvalue weighted by atomic mass is 16.5. The molecule has 102 valence electrons. The molecule has 0 aliphatic carbocycles. The molecule has 2 aromatic rings. The molecule has 2 nitrogen and oxygen atoms in total. The van der Waals surface area contributed by atoms with E-state index in [1.54, 1.807) is 0 Å². The highest BCUT2D eigenvalue weighted by molar-refractivity contribution is 5.34. The summed E-state index contributed by atoms with van der Waals surface area (Å²) < 4.78 is 5.82. The van der Waals surface area contributed by atoms with Crippen molar-refractivity contribution in [2.45, 2.75) is 32.8 Å². The monoisotopic (exact) mass is 265 g/mol. The van der Waals surface area contributed by atoms with E-state index in [0.29, 0.717) is 12.2 Å². The van der Waals surface area contributed by atoms with Crippen molar-refractivity contribution in [1.29, 1.82) is 5.26 Å². The number of hydrogen-bond donors (Lipinski definition) is 0. The van der Waals surface area contributed by atoms with E-state index >= 15 is 0 Å². The smallest absolute Gasteiger partial charge is 0.120 e. The van der Waals surface area contributed by atoms with Crippen LogP contribution in [0.1, 0.15) is 37.5 Å². The fraction of sp³-hybridized carbons (Fsp3) is 0.278. The van der Waals surface area contributed by atoms with Crippen LogP contribution in [0.3, 0.4) is 0 Å². The van der Waals surface area contributed by atoms with Gasteiger partial charge in [-0.2, -0.15) is 5.26 Å². The van der Waals surface area contributed by atoms with Crippen LogP contribution >= 0.6 is 0 Å². The van der Waals surface area contributed by atoms with E-state index in [4.69, 9.17) is 10.00 Å². The zero-order valence-corrected chi connectivity index (χ0v) is 12.2.